The van der Waals surface area contributed by atoms with Crippen LogP contribution in [0.5, 0.6) is 5.75 Å². The third-order valence-electron chi connectivity index (χ3n) is 4.22. The van der Waals surface area contributed by atoms with Crippen LogP contribution in [0.1, 0.15) is 64.3 Å². The highest BCUT2D eigenvalue weighted by Crippen LogP contribution is 2.41. The highest BCUT2D eigenvalue weighted by Gasteiger charge is 2.27. The van der Waals surface area contributed by atoms with E-state index in [1.165, 1.54) is 11.1 Å². The predicted molar refractivity (Wildman–Crippen MR) is 104 cm³/mol. The molecule has 0 saturated heterocycles. The molecule has 1 nitrogen and oxygen atoms in total. The lowest BCUT2D eigenvalue weighted by Gasteiger charge is -2.31. The van der Waals surface area contributed by atoms with Gasteiger partial charge < -0.3 is 4.74 Å². The van der Waals surface area contributed by atoms with Crippen LogP contribution < -0.4 is 4.74 Å². The molecule has 1 atom stereocenters. The van der Waals surface area contributed by atoms with E-state index in [0.717, 1.165) is 11.3 Å². The summed E-state index contributed by atoms with van der Waals surface area (Å²) < 4.78 is 6.55. The van der Waals surface area contributed by atoms with E-state index in [9.17, 15) is 0 Å². The Balaban J connectivity index is 2.56. The van der Waals surface area contributed by atoms with Crippen molar-refractivity contribution in [3.05, 3.63) is 77.9 Å². The first-order valence-electron chi connectivity index (χ1n) is 8.62. The van der Waals surface area contributed by atoms with E-state index in [4.69, 9.17) is 4.74 Å². The van der Waals surface area contributed by atoms with Crippen molar-refractivity contribution in [2.75, 3.05) is 0 Å². The molecule has 24 heavy (non-hydrogen) atoms. The Bertz CT molecular complexity index is 652. The van der Waals surface area contributed by atoms with E-state index in [-0.39, 0.29) is 16.9 Å². The second kappa shape index (κ2) is 6.84. The lowest BCUT2D eigenvalue weighted by molar-refractivity contribution is 0.243. The molecule has 0 N–H and O–H groups in total. The number of rotatable bonds is 4. The third kappa shape index (κ3) is 4.08. The van der Waals surface area contributed by atoms with E-state index in [0.29, 0.717) is 0 Å². The quantitative estimate of drug-likeness (QED) is 0.577. The van der Waals surface area contributed by atoms with Crippen molar-refractivity contribution in [1.82, 2.24) is 0 Å². The van der Waals surface area contributed by atoms with E-state index in [1.54, 1.807) is 0 Å². The van der Waals surface area contributed by atoms with E-state index in [1.807, 2.05) is 24.3 Å². The fourth-order valence-corrected chi connectivity index (χ4v) is 2.87. The zero-order valence-electron chi connectivity index (χ0n) is 15.9. The number of para-hydroxylation sites is 1. The Kier molecular flexibility index (Phi) is 5.22. The molecule has 2 aromatic rings. The molecule has 0 aromatic heterocycles. The summed E-state index contributed by atoms with van der Waals surface area (Å²) in [5.74, 6) is 0.992. The van der Waals surface area contributed by atoms with Crippen LogP contribution in [-0.2, 0) is 10.8 Å². The molecule has 0 bridgehead atoms. The molecule has 0 amide bonds. The maximum atomic E-state index is 6.55. The Morgan fingerprint density at radius 1 is 0.792 bits per heavy atom. The summed E-state index contributed by atoms with van der Waals surface area (Å²) in [4.78, 5) is 0. The molecular weight excluding hydrogens is 292 g/mol. The first-order valence-corrected chi connectivity index (χ1v) is 8.62. The minimum absolute atomic E-state index is 0.0129. The molecule has 0 spiro atoms. The number of benzene rings is 2. The maximum absolute atomic E-state index is 6.55. The summed E-state index contributed by atoms with van der Waals surface area (Å²) in [5.41, 5.74) is 3.62. The van der Waals surface area contributed by atoms with E-state index in [2.05, 4.69) is 78.5 Å². The first-order chi connectivity index (χ1) is 11.1. The smallest absolute Gasteiger partial charge is 0.142 e. The van der Waals surface area contributed by atoms with Gasteiger partial charge in [-0.25, -0.2) is 0 Å². The Hall–Kier alpha value is -2.02. The molecule has 2 aromatic carbocycles. The monoisotopic (exact) mass is 322 g/mol. The highest BCUT2D eigenvalue weighted by atomic mass is 16.5. The number of hydrogen-bond donors (Lipinski definition) is 0. The molecule has 1 heteroatoms. The average Bonchev–Trinajstić information content (AvgIpc) is 2.51. The van der Waals surface area contributed by atoms with Crippen LogP contribution in [0.15, 0.2) is 61.2 Å². The Labute approximate surface area is 147 Å². The fourth-order valence-electron chi connectivity index (χ4n) is 2.87. The fraction of sp³-hybridized carbons (Fsp3) is 0.391. The Morgan fingerprint density at radius 2 is 1.29 bits per heavy atom. The molecule has 1 unspecified atom stereocenters. The summed E-state index contributed by atoms with van der Waals surface area (Å²) in [6.07, 6.45) is 1.72. The van der Waals surface area contributed by atoms with Crippen LogP contribution in [0, 0.1) is 0 Å². The van der Waals surface area contributed by atoms with Gasteiger partial charge >= 0.3 is 0 Å². The van der Waals surface area contributed by atoms with Crippen LogP contribution in [-0.4, -0.2) is 0 Å². The van der Waals surface area contributed by atoms with Crippen LogP contribution >= 0.6 is 0 Å². The van der Waals surface area contributed by atoms with Crippen molar-refractivity contribution in [2.24, 2.45) is 0 Å². The third-order valence-corrected chi connectivity index (χ3v) is 4.22. The van der Waals surface area contributed by atoms with Gasteiger partial charge in [-0.3, -0.25) is 0 Å². The second-order valence-corrected chi connectivity index (χ2v) is 8.37. The van der Waals surface area contributed by atoms with Crippen molar-refractivity contribution in [1.29, 1.82) is 0 Å². The van der Waals surface area contributed by atoms with Gasteiger partial charge in [-0.1, -0.05) is 96.7 Å². The van der Waals surface area contributed by atoms with E-state index >= 15 is 0 Å². The van der Waals surface area contributed by atoms with Gasteiger partial charge in [-0.05, 0) is 33.6 Å². The van der Waals surface area contributed by atoms with Crippen LogP contribution in [0.2, 0.25) is 0 Å². The summed E-state index contributed by atoms with van der Waals surface area (Å²) in [5, 5.41) is 0. The lowest BCUT2D eigenvalue weighted by Crippen LogP contribution is -2.20. The minimum atomic E-state index is -0.157. The average molecular weight is 322 g/mol. The molecular formula is C23H30O. The molecule has 2 rings (SSSR count). The Morgan fingerprint density at radius 3 is 1.71 bits per heavy atom. The van der Waals surface area contributed by atoms with Crippen molar-refractivity contribution < 1.29 is 4.74 Å². The second-order valence-electron chi connectivity index (χ2n) is 8.37. The van der Waals surface area contributed by atoms with Crippen molar-refractivity contribution >= 4 is 0 Å². The lowest BCUT2D eigenvalue weighted by atomic mass is 9.79. The van der Waals surface area contributed by atoms with Crippen LogP contribution in [0.25, 0.3) is 0 Å². The van der Waals surface area contributed by atoms with Gasteiger partial charge in [0.15, 0.2) is 0 Å². The number of hydrogen-bond acceptors (Lipinski definition) is 1. The van der Waals surface area contributed by atoms with Gasteiger partial charge in [0.2, 0.25) is 0 Å². The van der Waals surface area contributed by atoms with Gasteiger partial charge in [-0.15, -0.1) is 0 Å². The largest absolute Gasteiger partial charge is 0.481 e. The summed E-state index contributed by atoms with van der Waals surface area (Å²) in [7, 11) is 0. The van der Waals surface area contributed by atoms with Crippen LogP contribution in [0.3, 0.4) is 0 Å². The number of ether oxygens (including phenoxy) is 1. The van der Waals surface area contributed by atoms with Crippen molar-refractivity contribution in [3.63, 3.8) is 0 Å². The summed E-state index contributed by atoms with van der Waals surface area (Å²) in [6.45, 7) is 17.4. The maximum Gasteiger partial charge on any atom is 0.142 e. The molecule has 0 heterocycles. The van der Waals surface area contributed by atoms with Crippen LogP contribution in [0.4, 0.5) is 0 Å². The molecule has 0 aliphatic heterocycles. The van der Waals surface area contributed by atoms with Gasteiger partial charge in [-0.2, -0.15) is 0 Å². The standard InChI is InChI=1S/C23H30O/c1-8-20(17-13-10-9-11-14-17)24-21-18(22(2,3)4)15-12-16-19(21)23(5,6)7/h8-16,20H,1H2,2-7H3. The zero-order chi connectivity index (χ0) is 18.0. The molecule has 0 aliphatic rings. The minimum Gasteiger partial charge on any atom is -0.481 e. The first kappa shape index (κ1) is 18.3. The molecule has 128 valence electrons. The van der Waals surface area contributed by atoms with Crippen molar-refractivity contribution in [3.8, 4) is 5.75 Å². The highest BCUT2D eigenvalue weighted by molar-refractivity contribution is 5.48. The van der Waals surface area contributed by atoms with Gasteiger partial charge in [0, 0.05) is 0 Å². The van der Waals surface area contributed by atoms with Crippen molar-refractivity contribution in [2.45, 2.75) is 58.5 Å². The molecule has 0 radical (unpaired) electrons. The molecule has 0 saturated carbocycles. The van der Waals surface area contributed by atoms with E-state index < -0.39 is 0 Å². The molecule has 0 fully saturated rings. The van der Waals surface area contributed by atoms with Gasteiger partial charge in [0.05, 0.1) is 0 Å². The van der Waals surface area contributed by atoms with Gasteiger partial charge in [0.1, 0.15) is 11.9 Å². The predicted octanol–water partition coefficient (Wildman–Crippen LogP) is 6.59. The summed E-state index contributed by atoms with van der Waals surface area (Å²) in [6, 6.07) is 16.8. The SMILES string of the molecule is C=CC(Oc1c(C(C)(C)C)cccc1C(C)(C)C)c1ccccc1. The van der Waals surface area contributed by atoms with Gasteiger partial charge in [0.25, 0.3) is 0 Å². The topological polar surface area (TPSA) is 9.23 Å². The summed E-state index contributed by atoms with van der Waals surface area (Å²) >= 11 is 0. The molecule has 0 aliphatic carbocycles. The zero-order valence-corrected chi connectivity index (χ0v) is 15.9. The normalized spacial score (nSPS) is 13.4.